The third kappa shape index (κ3) is 1.44. The first kappa shape index (κ1) is 9.34. The van der Waals surface area contributed by atoms with Gasteiger partial charge < -0.3 is 9.47 Å². The Morgan fingerprint density at radius 3 is 2.79 bits per heavy atom. The predicted molar refractivity (Wildman–Crippen MR) is 54.0 cm³/mol. The summed E-state index contributed by atoms with van der Waals surface area (Å²) in [6.45, 7) is 1.66. The van der Waals surface area contributed by atoms with Crippen molar-refractivity contribution in [1.29, 1.82) is 0 Å². The number of hydrogen-bond donors (Lipinski definition) is 0. The number of fused-ring (bicyclic) bond motifs is 1. The molecule has 1 aliphatic heterocycles. The third-order valence-electron chi connectivity index (χ3n) is 2.55. The van der Waals surface area contributed by atoms with E-state index in [2.05, 4.69) is 11.4 Å². The van der Waals surface area contributed by atoms with Crippen LogP contribution in [0.25, 0.3) is 0 Å². The van der Waals surface area contributed by atoms with Crippen LogP contribution in [0.2, 0.25) is 0 Å². The molecule has 0 saturated heterocycles. The van der Waals surface area contributed by atoms with Gasteiger partial charge in [-0.2, -0.15) is 0 Å². The Hall–Kier alpha value is -1.22. The molecule has 75 valence electrons. The molecule has 0 spiro atoms. The van der Waals surface area contributed by atoms with E-state index in [0.29, 0.717) is 0 Å². The van der Waals surface area contributed by atoms with Crippen molar-refractivity contribution < 1.29 is 9.47 Å². The Balaban J connectivity index is 2.50. The average molecular weight is 192 g/mol. The summed E-state index contributed by atoms with van der Waals surface area (Å²) in [5.41, 5.74) is 2.51. The molecule has 1 radical (unpaired) electrons. The fourth-order valence-corrected chi connectivity index (χ4v) is 1.83. The lowest BCUT2D eigenvalue weighted by molar-refractivity contribution is 0.348. The van der Waals surface area contributed by atoms with Crippen LogP contribution in [-0.2, 0) is 13.0 Å². The number of benzene rings is 1. The van der Waals surface area contributed by atoms with Crippen LogP contribution in [0.1, 0.15) is 11.1 Å². The van der Waals surface area contributed by atoms with Gasteiger partial charge >= 0.3 is 0 Å². The van der Waals surface area contributed by atoms with Crippen molar-refractivity contribution in [3.8, 4) is 11.5 Å². The molecular formula is C11H14NO2. The van der Waals surface area contributed by atoms with E-state index in [1.54, 1.807) is 14.2 Å². The van der Waals surface area contributed by atoms with Crippen molar-refractivity contribution in [1.82, 2.24) is 5.32 Å². The van der Waals surface area contributed by atoms with Gasteiger partial charge in [0.1, 0.15) is 0 Å². The third-order valence-corrected chi connectivity index (χ3v) is 2.55. The Kier molecular flexibility index (Phi) is 2.59. The molecule has 3 nitrogen and oxygen atoms in total. The molecule has 0 fully saturated rings. The normalized spacial score (nSPS) is 14.7. The molecule has 1 aromatic carbocycles. The van der Waals surface area contributed by atoms with Crippen LogP contribution in [0.5, 0.6) is 11.5 Å². The highest BCUT2D eigenvalue weighted by Gasteiger charge is 2.17. The smallest absolute Gasteiger partial charge is 0.165 e. The SMILES string of the molecule is COc1ccc2c(c1OC)C[N]CC2. The van der Waals surface area contributed by atoms with E-state index >= 15 is 0 Å². The lowest BCUT2D eigenvalue weighted by atomic mass is 9.99. The lowest BCUT2D eigenvalue weighted by Gasteiger charge is -2.20. The highest BCUT2D eigenvalue weighted by atomic mass is 16.5. The van der Waals surface area contributed by atoms with E-state index in [9.17, 15) is 0 Å². The molecule has 0 unspecified atom stereocenters. The van der Waals surface area contributed by atoms with Gasteiger partial charge in [-0.15, -0.1) is 0 Å². The van der Waals surface area contributed by atoms with Crippen molar-refractivity contribution in [3.63, 3.8) is 0 Å². The van der Waals surface area contributed by atoms with Crippen molar-refractivity contribution >= 4 is 0 Å². The molecule has 0 amide bonds. The highest BCUT2D eigenvalue weighted by Crippen LogP contribution is 2.34. The minimum absolute atomic E-state index is 0.746. The van der Waals surface area contributed by atoms with Gasteiger partial charge in [0.05, 0.1) is 14.2 Å². The second-order valence-electron chi connectivity index (χ2n) is 3.29. The van der Waals surface area contributed by atoms with Crippen LogP contribution in [0.4, 0.5) is 0 Å². The van der Waals surface area contributed by atoms with Crippen molar-refractivity contribution in [2.45, 2.75) is 13.0 Å². The van der Waals surface area contributed by atoms with E-state index in [1.165, 1.54) is 11.1 Å². The second kappa shape index (κ2) is 3.88. The molecule has 0 aliphatic carbocycles. The highest BCUT2D eigenvalue weighted by molar-refractivity contribution is 5.51. The summed E-state index contributed by atoms with van der Waals surface area (Å²) in [6.07, 6.45) is 1.01. The Bertz CT molecular complexity index is 321. The molecule has 2 rings (SSSR count). The first-order valence-corrected chi connectivity index (χ1v) is 4.72. The fraction of sp³-hybridized carbons (Fsp3) is 0.455. The maximum atomic E-state index is 5.35. The van der Waals surface area contributed by atoms with Crippen LogP contribution in [0.15, 0.2) is 12.1 Å². The average Bonchev–Trinajstić information content (AvgIpc) is 2.27. The molecule has 1 aliphatic rings. The summed E-state index contributed by atoms with van der Waals surface area (Å²) in [7, 11) is 3.33. The summed E-state index contributed by atoms with van der Waals surface area (Å²) < 4.78 is 10.6. The van der Waals surface area contributed by atoms with Gasteiger partial charge in [0.25, 0.3) is 0 Å². The Labute approximate surface area is 84.0 Å². The van der Waals surface area contributed by atoms with Crippen LogP contribution in [0.3, 0.4) is 0 Å². The zero-order valence-electron chi connectivity index (χ0n) is 8.54. The molecule has 0 N–H and O–H groups in total. The Morgan fingerprint density at radius 2 is 2.07 bits per heavy atom. The van der Waals surface area contributed by atoms with E-state index < -0.39 is 0 Å². The lowest BCUT2D eigenvalue weighted by Crippen LogP contribution is -2.18. The second-order valence-corrected chi connectivity index (χ2v) is 3.29. The van der Waals surface area contributed by atoms with Crippen LogP contribution in [0, 0.1) is 0 Å². The summed E-state index contributed by atoms with van der Waals surface area (Å²) >= 11 is 0. The first-order chi connectivity index (χ1) is 6.86. The van der Waals surface area contributed by atoms with Crippen LogP contribution < -0.4 is 14.8 Å². The largest absolute Gasteiger partial charge is 0.493 e. The molecular weight excluding hydrogens is 178 g/mol. The maximum Gasteiger partial charge on any atom is 0.165 e. The van der Waals surface area contributed by atoms with Gasteiger partial charge in [0, 0.05) is 18.7 Å². The van der Waals surface area contributed by atoms with Gasteiger partial charge in [-0.3, -0.25) is 0 Å². The maximum absolute atomic E-state index is 5.35. The van der Waals surface area contributed by atoms with Gasteiger partial charge in [0.2, 0.25) is 0 Å². The van der Waals surface area contributed by atoms with Crippen molar-refractivity contribution in [2.75, 3.05) is 20.8 Å². The van der Waals surface area contributed by atoms with Gasteiger partial charge in [-0.25, -0.2) is 5.32 Å². The molecule has 0 bridgehead atoms. The quantitative estimate of drug-likeness (QED) is 0.708. The number of methoxy groups -OCH3 is 2. The number of rotatable bonds is 2. The number of hydrogen-bond acceptors (Lipinski definition) is 2. The van der Waals surface area contributed by atoms with E-state index in [4.69, 9.17) is 9.47 Å². The monoisotopic (exact) mass is 192 g/mol. The van der Waals surface area contributed by atoms with Crippen molar-refractivity contribution in [3.05, 3.63) is 23.3 Å². The van der Waals surface area contributed by atoms with E-state index in [1.807, 2.05) is 6.07 Å². The topological polar surface area (TPSA) is 32.6 Å². The van der Waals surface area contributed by atoms with Gasteiger partial charge in [0.15, 0.2) is 11.5 Å². The molecule has 1 heterocycles. The summed E-state index contributed by atoms with van der Waals surface area (Å²) in [5, 5.41) is 4.37. The van der Waals surface area contributed by atoms with Crippen molar-refractivity contribution in [2.24, 2.45) is 0 Å². The van der Waals surface area contributed by atoms with Gasteiger partial charge in [-0.05, 0) is 18.1 Å². The standard InChI is InChI=1S/C11H14NO2/c1-13-10-4-3-8-5-6-12-7-9(8)11(10)14-2/h3-4H,5-7H2,1-2H3. The van der Waals surface area contributed by atoms with E-state index in [-0.39, 0.29) is 0 Å². The number of ether oxygens (including phenoxy) is 2. The fourth-order valence-electron chi connectivity index (χ4n) is 1.83. The minimum atomic E-state index is 0.746. The zero-order chi connectivity index (χ0) is 9.97. The molecule has 0 saturated carbocycles. The van der Waals surface area contributed by atoms with Crippen LogP contribution >= 0.6 is 0 Å². The Morgan fingerprint density at radius 1 is 1.21 bits per heavy atom. The molecule has 0 atom stereocenters. The van der Waals surface area contributed by atoms with E-state index in [0.717, 1.165) is 31.0 Å². The summed E-state index contributed by atoms with van der Waals surface area (Å²) in [5.74, 6) is 1.64. The predicted octanol–water partition coefficient (Wildman–Crippen LogP) is 1.36. The summed E-state index contributed by atoms with van der Waals surface area (Å²) in [6, 6.07) is 4.06. The minimum Gasteiger partial charge on any atom is -0.493 e. The zero-order valence-corrected chi connectivity index (χ0v) is 8.54. The molecule has 1 aromatic rings. The molecule has 14 heavy (non-hydrogen) atoms. The van der Waals surface area contributed by atoms with Crippen LogP contribution in [-0.4, -0.2) is 20.8 Å². The molecule has 0 aromatic heterocycles. The molecule has 3 heteroatoms. The number of nitrogens with zero attached hydrogens (tertiary/aromatic N) is 1. The van der Waals surface area contributed by atoms with Gasteiger partial charge in [-0.1, -0.05) is 6.07 Å². The summed E-state index contributed by atoms with van der Waals surface area (Å²) in [4.78, 5) is 0. The first-order valence-electron chi connectivity index (χ1n) is 4.72.